The van der Waals surface area contributed by atoms with Crippen LogP contribution in [-0.4, -0.2) is 47.9 Å². The largest absolute Gasteiger partial charge is 0.446 e. The summed E-state index contributed by atoms with van der Waals surface area (Å²) in [6.45, 7) is 1.18. The van der Waals surface area contributed by atoms with Gasteiger partial charge in [0.1, 0.15) is 0 Å². The summed E-state index contributed by atoms with van der Waals surface area (Å²) < 4.78 is 37.2. The highest BCUT2D eigenvalue weighted by Crippen LogP contribution is 2.36. The van der Waals surface area contributed by atoms with Crippen LogP contribution in [0.3, 0.4) is 0 Å². The van der Waals surface area contributed by atoms with E-state index >= 15 is 0 Å². The van der Waals surface area contributed by atoms with Crippen LogP contribution in [0.1, 0.15) is 36.0 Å². The normalized spacial score (nSPS) is 17.8. The topological polar surface area (TPSA) is 75.4 Å². The summed E-state index contributed by atoms with van der Waals surface area (Å²) in [6, 6.07) is 5.30. The minimum Gasteiger partial charge on any atom is -0.354 e. The second-order valence-corrected chi connectivity index (χ2v) is 7.20. The number of piperidine rings is 1. The number of nitrogens with two attached hydrogens (primary N) is 1. The molecule has 0 spiro atoms. The summed E-state index contributed by atoms with van der Waals surface area (Å²) in [4.78, 5) is 26.1. The fraction of sp³-hybridized carbons (Fsp3) is 0.529. The van der Waals surface area contributed by atoms with Crippen molar-refractivity contribution in [3.05, 3.63) is 29.8 Å². The van der Waals surface area contributed by atoms with E-state index in [-0.39, 0.29) is 47.5 Å². The third-order valence-electron chi connectivity index (χ3n) is 4.13. The molecule has 1 saturated heterocycles. The van der Waals surface area contributed by atoms with Gasteiger partial charge in [-0.2, -0.15) is 13.2 Å². The SMILES string of the molecule is NCCC(=O)NCC1CCCCN1C(=O)c1ccc(SC(F)(F)F)cc1. The third kappa shape index (κ3) is 6.21. The number of carbonyl (C=O) groups is 2. The molecule has 0 radical (unpaired) electrons. The molecular formula is C17H22F3N3O2S. The summed E-state index contributed by atoms with van der Waals surface area (Å²) in [5.41, 5.74) is 1.33. The Morgan fingerprint density at radius 3 is 2.54 bits per heavy atom. The molecule has 0 bridgehead atoms. The molecule has 1 atom stereocenters. The van der Waals surface area contributed by atoms with Crippen LogP contribution < -0.4 is 11.1 Å². The summed E-state index contributed by atoms with van der Waals surface area (Å²) in [7, 11) is 0. The Kier molecular flexibility index (Phi) is 7.33. The Bertz CT molecular complexity index is 623. The zero-order valence-corrected chi connectivity index (χ0v) is 15.0. The fourth-order valence-corrected chi connectivity index (χ4v) is 3.44. The first kappa shape index (κ1) is 20.6. The monoisotopic (exact) mass is 389 g/mol. The quantitative estimate of drug-likeness (QED) is 0.734. The maximum atomic E-state index is 12.7. The maximum Gasteiger partial charge on any atom is 0.446 e. The Labute approximate surface area is 154 Å². The number of halogens is 3. The van der Waals surface area contributed by atoms with E-state index in [1.165, 1.54) is 24.3 Å². The molecule has 0 saturated carbocycles. The second-order valence-electron chi connectivity index (χ2n) is 6.06. The van der Waals surface area contributed by atoms with Crippen LogP contribution in [0.2, 0.25) is 0 Å². The van der Waals surface area contributed by atoms with Crippen molar-refractivity contribution in [3.63, 3.8) is 0 Å². The van der Waals surface area contributed by atoms with Crippen LogP contribution in [0, 0.1) is 0 Å². The van der Waals surface area contributed by atoms with E-state index in [1.54, 1.807) is 4.90 Å². The summed E-state index contributed by atoms with van der Waals surface area (Å²) >= 11 is -0.209. The first-order valence-electron chi connectivity index (χ1n) is 8.43. The number of nitrogens with one attached hydrogen (secondary N) is 1. The van der Waals surface area contributed by atoms with Crippen molar-refractivity contribution >= 4 is 23.6 Å². The second kappa shape index (κ2) is 9.27. The molecule has 1 aromatic carbocycles. The molecule has 2 rings (SSSR count). The van der Waals surface area contributed by atoms with Crippen LogP contribution in [0.5, 0.6) is 0 Å². The van der Waals surface area contributed by atoms with Gasteiger partial charge in [-0.05, 0) is 55.3 Å². The lowest BCUT2D eigenvalue weighted by Gasteiger charge is -2.36. The van der Waals surface area contributed by atoms with Gasteiger partial charge in [0, 0.05) is 42.6 Å². The zero-order chi connectivity index (χ0) is 19.2. The van der Waals surface area contributed by atoms with E-state index in [2.05, 4.69) is 5.32 Å². The van der Waals surface area contributed by atoms with E-state index in [9.17, 15) is 22.8 Å². The van der Waals surface area contributed by atoms with Gasteiger partial charge in [-0.1, -0.05) is 0 Å². The maximum absolute atomic E-state index is 12.7. The Balaban J connectivity index is 2.01. The molecule has 1 aliphatic heterocycles. The molecule has 1 heterocycles. The highest BCUT2D eigenvalue weighted by molar-refractivity contribution is 8.00. The van der Waals surface area contributed by atoms with Gasteiger partial charge < -0.3 is 16.0 Å². The smallest absolute Gasteiger partial charge is 0.354 e. The van der Waals surface area contributed by atoms with Gasteiger partial charge in [0.2, 0.25) is 5.91 Å². The minimum absolute atomic E-state index is 0.0401. The third-order valence-corrected chi connectivity index (χ3v) is 4.87. The van der Waals surface area contributed by atoms with E-state index in [0.717, 1.165) is 19.3 Å². The number of hydrogen-bond acceptors (Lipinski definition) is 4. The van der Waals surface area contributed by atoms with Crippen molar-refractivity contribution in [1.29, 1.82) is 0 Å². The van der Waals surface area contributed by atoms with Crippen molar-refractivity contribution in [2.24, 2.45) is 5.73 Å². The summed E-state index contributed by atoms with van der Waals surface area (Å²) in [6.07, 6.45) is 2.83. The van der Waals surface area contributed by atoms with Crippen molar-refractivity contribution in [1.82, 2.24) is 10.2 Å². The molecule has 3 N–H and O–H groups in total. The number of alkyl halides is 3. The van der Waals surface area contributed by atoms with Crippen LogP contribution in [0.4, 0.5) is 13.2 Å². The zero-order valence-electron chi connectivity index (χ0n) is 14.2. The van der Waals surface area contributed by atoms with E-state index < -0.39 is 5.51 Å². The minimum atomic E-state index is -4.36. The molecule has 144 valence electrons. The number of amides is 2. The number of likely N-dealkylation sites (tertiary alicyclic amines) is 1. The van der Waals surface area contributed by atoms with Gasteiger partial charge in [0.15, 0.2) is 0 Å². The van der Waals surface area contributed by atoms with E-state index in [4.69, 9.17) is 5.73 Å². The van der Waals surface area contributed by atoms with Crippen LogP contribution in [0.15, 0.2) is 29.2 Å². The van der Waals surface area contributed by atoms with Crippen molar-refractivity contribution < 1.29 is 22.8 Å². The standard InChI is InChI=1S/C17H22F3N3O2S/c18-17(19,20)26-14-6-4-12(5-7-14)16(25)23-10-2-1-3-13(23)11-22-15(24)8-9-21/h4-7,13H,1-3,8-11,21H2,(H,22,24). The molecule has 1 aliphatic rings. The molecule has 1 unspecified atom stereocenters. The van der Waals surface area contributed by atoms with Gasteiger partial charge in [-0.15, -0.1) is 0 Å². The van der Waals surface area contributed by atoms with Crippen molar-refractivity contribution in [2.75, 3.05) is 19.6 Å². The van der Waals surface area contributed by atoms with Gasteiger partial charge in [-0.3, -0.25) is 9.59 Å². The van der Waals surface area contributed by atoms with Gasteiger partial charge in [0.05, 0.1) is 0 Å². The van der Waals surface area contributed by atoms with Crippen molar-refractivity contribution in [2.45, 2.75) is 42.1 Å². The molecule has 26 heavy (non-hydrogen) atoms. The lowest BCUT2D eigenvalue weighted by Crippen LogP contribution is -2.49. The van der Waals surface area contributed by atoms with Crippen LogP contribution in [0.25, 0.3) is 0 Å². The molecule has 9 heteroatoms. The summed E-state index contributed by atoms with van der Waals surface area (Å²) in [5, 5.41) is 2.78. The average Bonchev–Trinajstić information content (AvgIpc) is 2.59. The Hall–Kier alpha value is -1.74. The molecule has 0 aromatic heterocycles. The predicted molar refractivity (Wildman–Crippen MR) is 93.7 cm³/mol. The molecule has 1 fully saturated rings. The number of rotatable bonds is 6. The number of nitrogens with zero attached hydrogens (tertiary/aromatic N) is 1. The van der Waals surface area contributed by atoms with Gasteiger partial charge in [0.25, 0.3) is 5.91 Å². The molecule has 5 nitrogen and oxygen atoms in total. The van der Waals surface area contributed by atoms with Crippen LogP contribution >= 0.6 is 11.8 Å². The van der Waals surface area contributed by atoms with Crippen molar-refractivity contribution in [3.8, 4) is 0 Å². The Morgan fingerprint density at radius 1 is 1.23 bits per heavy atom. The number of hydrogen-bond donors (Lipinski definition) is 2. The first-order chi connectivity index (χ1) is 12.3. The van der Waals surface area contributed by atoms with Gasteiger partial charge >= 0.3 is 5.51 Å². The lowest BCUT2D eigenvalue weighted by molar-refractivity contribution is -0.121. The molecular weight excluding hydrogens is 367 g/mol. The fourth-order valence-electron chi connectivity index (χ4n) is 2.90. The van der Waals surface area contributed by atoms with E-state index in [0.29, 0.717) is 18.7 Å². The van der Waals surface area contributed by atoms with Gasteiger partial charge in [-0.25, -0.2) is 0 Å². The Morgan fingerprint density at radius 2 is 1.92 bits per heavy atom. The van der Waals surface area contributed by atoms with E-state index in [1.807, 2.05) is 0 Å². The predicted octanol–water partition coefficient (Wildman–Crippen LogP) is 2.76. The number of thioether (sulfide) groups is 1. The highest BCUT2D eigenvalue weighted by Gasteiger charge is 2.30. The average molecular weight is 389 g/mol. The molecule has 2 amide bonds. The lowest BCUT2D eigenvalue weighted by atomic mass is 10.0. The number of carbonyl (C=O) groups excluding carboxylic acids is 2. The first-order valence-corrected chi connectivity index (χ1v) is 9.25. The highest BCUT2D eigenvalue weighted by atomic mass is 32.2. The number of benzene rings is 1. The van der Waals surface area contributed by atoms with Crippen LogP contribution in [-0.2, 0) is 4.79 Å². The molecule has 0 aliphatic carbocycles. The summed E-state index contributed by atoms with van der Waals surface area (Å²) in [5.74, 6) is -0.384. The molecule has 1 aromatic rings.